The minimum atomic E-state index is -0.792. The Labute approximate surface area is 148 Å². The highest BCUT2D eigenvalue weighted by Crippen LogP contribution is 2.36. The summed E-state index contributed by atoms with van der Waals surface area (Å²) >= 11 is 1.44. The lowest BCUT2D eigenvalue weighted by molar-refractivity contribution is -0.133. The molecule has 0 aliphatic heterocycles. The van der Waals surface area contributed by atoms with Crippen LogP contribution in [0.25, 0.3) is 0 Å². The first-order chi connectivity index (χ1) is 11.4. The van der Waals surface area contributed by atoms with Crippen LogP contribution in [0.1, 0.15) is 16.4 Å². The molecule has 0 bridgehead atoms. The molecule has 5 heteroatoms. The van der Waals surface area contributed by atoms with E-state index in [1.807, 2.05) is 28.2 Å². The molecule has 0 aromatic heterocycles. The van der Waals surface area contributed by atoms with Crippen molar-refractivity contribution in [1.82, 2.24) is 0 Å². The van der Waals surface area contributed by atoms with Gasteiger partial charge in [-0.1, -0.05) is 24.3 Å². The molecule has 2 rings (SSSR count). The van der Waals surface area contributed by atoms with Gasteiger partial charge in [-0.25, -0.2) is 0 Å². The fourth-order valence-corrected chi connectivity index (χ4v) is 3.44. The lowest BCUT2D eigenvalue weighted by Crippen LogP contribution is -2.10. The number of hydrogen-bond acceptors (Lipinski definition) is 4. The smallest absolute Gasteiger partial charge is 0.313 e. The van der Waals surface area contributed by atoms with Crippen LogP contribution >= 0.6 is 11.8 Å². The fraction of sp³-hybridized carbons (Fsp3) is 0.316. The van der Waals surface area contributed by atoms with Gasteiger partial charge in [-0.2, -0.15) is 0 Å². The number of thioether (sulfide) groups is 1. The molecule has 0 saturated heterocycles. The van der Waals surface area contributed by atoms with Gasteiger partial charge in [0.1, 0.15) is 0 Å². The summed E-state index contributed by atoms with van der Waals surface area (Å²) in [6.07, 6.45) is 0. The average Bonchev–Trinajstić information content (AvgIpc) is 2.55. The number of nitrogens with zero attached hydrogens (tertiary/aromatic N) is 2. The Hall–Kier alpha value is -2.14. The Balaban J connectivity index is 2.31. The molecule has 24 heavy (non-hydrogen) atoms. The first kappa shape index (κ1) is 18.2. The second-order valence-electron chi connectivity index (χ2n) is 6.06. The largest absolute Gasteiger partial charge is 0.481 e. The lowest BCUT2D eigenvalue weighted by Gasteiger charge is -2.20. The molecule has 2 aromatic rings. The minimum Gasteiger partial charge on any atom is -0.481 e. The van der Waals surface area contributed by atoms with Gasteiger partial charge < -0.3 is 14.9 Å². The second-order valence-corrected chi connectivity index (χ2v) is 7.15. The predicted molar refractivity (Wildman–Crippen MR) is 103 cm³/mol. The first-order valence-corrected chi connectivity index (χ1v) is 8.81. The maximum atomic E-state index is 11.0. The van der Waals surface area contributed by atoms with Gasteiger partial charge >= 0.3 is 5.97 Å². The first-order valence-electron chi connectivity index (χ1n) is 7.76. The quantitative estimate of drug-likeness (QED) is 0.829. The Kier molecular flexibility index (Phi) is 6.15. The molecule has 0 spiro atoms. The normalized spacial score (nSPS) is 10.7. The minimum absolute atomic E-state index is 0.00789. The van der Waals surface area contributed by atoms with Crippen molar-refractivity contribution in [2.75, 3.05) is 43.7 Å². The van der Waals surface area contributed by atoms with E-state index in [2.05, 4.69) is 58.3 Å². The van der Waals surface area contributed by atoms with Crippen LogP contribution in [-0.2, 0) is 4.79 Å². The van der Waals surface area contributed by atoms with Crippen LogP contribution in [0.2, 0.25) is 0 Å². The highest BCUT2D eigenvalue weighted by Gasteiger charge is 2.17. The Morgan fingerprint density at radius 1 is 0.875 bits per heavy atom. The van der Waals surface area contributed by atoms with Crippen LogP contribution in [0, 0.1) is 0 Å². The second kappa shape index (κ2) is 8.11. The van der Waals surface area contributed by atoms with Crippen molar-refractivity contribution in [2.45, 2.75) is 5.25 Å². The molecule has 0 aliphatic rings. The molecule has 0 atom stereocenters. The molecule has 0 unspecified atom stereocenters. The molecule has 4 nitrogen and oxygen atoms in total. The lowest BCUT2D eigenvalue weighted by atomic mass is 10.0. The highest BCUT2D eigenvalue weighted by atomic mass is 32.2. The average molecular weight is 344 g/mol. The number of carboxylic acid groups (broad SMARTS) is 1. The van der Waals surface area contributed by atoms with E-state index in [0.29, 0.717) is 0 Å². The number of carbonyl (C=O) groups is 1. The summed E-state index contributed by atoms with van der Waals surface area (Å²) in [6, 6.07) is 16.6. The summed E-state index contributed by atoms with van der Waals surface area (Å²) in [5, 5.41) is 9.06. The molecule has 0 radical (unpaired) electrons. The summed E-state index contributed by atoms with van der Waals surface area (Å²) in [7, 11) is 8.02. The topological polar surface area (TPSA) is 43.8 Å². The van der Waals surface area contributed by atoms with Crippen LogP contribution in [0.15, 0.2) is 48.5 Å². The van der Waals surface area contributed by atoms with Crippen molar-refractivity contribution >= 4 is 29.1 Å². The molecule has 0 fully saturated rings. The van der Waals surface area contributed by atoms with E-state index in [1.165, 1.54) is 11.8 Å². The van der Waals surface area contributed by atoms with Crippen LogP contribution in [0.5, 0.6) is 0 Å². The third-order valence-electron chi connectivity index (χ3n) is 3.80. The molecule has 0 aliphatic carbocycles. The van der Waals surface area contributed by atoms with E-state index in [9.17, 15) is 4.79 Å². The van der Waals surface area contributed by atoms with Crippen LogP contribution in [0.4, 0.5) is 11.4 Å². The van der Waals surface area contributed by atoms with E-state index < -0.39 is 5.97 Å². The number of benzene rings is 2. The van der Waals surface area contributed by atoms with Crippen molar-refractivity contribution in [2.24, 2.45) is 0 Å². The predicted octanol–water partition coefficient (Wildman–Crippen LogP) is 3.73. The SMILES string of the molecule is CN(C)c1ccc(C(SCC(=O)O)c2ccc(N(C)C)cc2)cc1. The Bertz CT molecular complexity index is 615. The Morgan fingerprint density at radius 3 is 1.54 bits per heavy atom. The van der Waals surface area contributed by atoms with Crippen LogP contribution in [0.3, 0.4) is 0 Å². The van der Waals surface area contributed by atoms with Crippen molar-refractivity contribution in [3.05, 3.63) is 59.7 Å². The standard InChI is InChI=1S/C19H24N2O2S/c1-20(2)16-9-5-14(6-10-16)19(24-13-18(22)23)15-7-11-17(12-8-15)21(3)4/h5-12,19H,13H2,1-4H3,(H,22,23). The van der Waals surface area contributed by atoms with Gasteiger partial charge in [0, 0.05) is 39.6 Å². The molecule has 0 amide bonds. The molecular formula is C19H24N2O2S. The maximum absolute atomic E-state index is 11.0. The third kappa shape index (κ3) is 4.68. The monoisotopic (exact) mass is 344 g/mol. The van der Waals surface area contributed by atoms with Gasteiger partial charge in [0.05, 0.1) is 11.0 Å². The zero-order valence-electron chi connectivity index (χ0n) is 14.6. The van der Waals surface area contributed by atoms with Crippen molar-refractivity contribution in [3.63, 3.8) is 0 Å². The van der Waals surface area contributed by atoms with Gasteiger partial charge in [0.2, 0.25) is 0 Å². The van der Waals surface area contributed by atoms with Gasteiger partial charge in [-0.3, -0.25) is 4.79 Å². The summed E-state index contributed by atoms with van der Waals surface area (Å²) in [5.74, 6) is -0.713. The third-order valence-corrected chi connectivity index (χ3v) is 5.09. The summed E-state index contributed by atoms with van der Waals surface area (Å²) in [5.41, 5.74) is 4.49. The van der Waals surface area contributed by atoms with Gasteiger partial charge in [0.25, 0.3) is 0 Å². The molecule has 1 N–H and O–H groups in total. The van der Waals surface area contributed by atoms with Crippen molar-refractivity contribution < 1.29 is 9.90 Å². The number of anilines is 2. The summed E-state index contributed by atoms with van der Waals surface area (Å²) in [6.45, 7) is 0. The van der Waals surface area contributed by atoms with Crippen LogP contribution < -0.4 is 9.80 Å². The van der Waals surface area contributed by atoms with E-state index >= 15 is 0 Å². The molecule has 0 saturated carbocycles. The van der Waals surface area contributed by atoms with Crippen molar-refractivity contribution in [3.8, 4) is 0 Å². The highest BCUT2D eigenvalue weighted by molar-refractivity contribution is 8.00. The maximum Gasteiger partial charge on any atom is 0.313 e. The zero-order chi connectivity index (χ0) is 17.7. The van der Waals surface area contributed by atoms with E-state index in [1.54, 1.807) is 0 Å². The van der Waals surface area contributed by atoms with Gasteiger partial charge in [0.15, 0.2) is 0 Å². The number of hydrogen-bond donors (Lipinski definition) is 1. The Morgan fingerprint density at radius 2 is 1.25 bits per heavy atom. The number of carboxylic acids is 1. The number of aliphatic carboxylic acids is 1. The van der Waals surface area contributed by atoms with E-state index in [0.717, 1.165) is 22.5 Å². The molecular weight excluding hydrogens is 320 g/mol. The fourth-order valence-electron chi connectivity index (χ4n) is 2.43. The van der Waals surface area contributed by atoms with E-state index in [4.69, 9.17) is 5.11 Å². The molecule has 2 aromatic carbocycles. The van der Waals surface area contributed by atoms with Gasteiger partial charge in [-0.05, 0) is 35.4 Å². The summed E-state index contributed by atoms with van der Waals surface area (Å²) < 4.78 is 0. The van der Waals surface area contributed by atoms with E-state index in [-0.39, 0.29) is 11.0 Å². The zero-order valence-corrected chi connectivity index (χ0v) is 15.4. The molecule has 0 heterocycles. The molecule has 128 valence electrons. The summed E-state index contributed by atoms with van der Waals surface area (Å²) in [4.78, 5) is 15.1. The van der Waals surface area contributed by atoms with Crippen molar-refractivity contribution in [1.29, 1.82) is 0 Å². The van der Waals surface area contributed by atoms with Crippen LogP contribution in [-0.4, -0.2) is 45.0 Å². The van der Waals surface area contributed by atoms with Gasteiger partial charge in [-0.15, -0.1) is 11.8 Å². The number of rotatable bonds is 7.